The molecule has 1 atom stereocenters. The molecule has 1 aromatic carbocycles. The Hall–Kier alpha value is -1.98. The Morgan fingerprint density at radius 1 is 1.19 bits per heavy atom. The molecule has 0 saturated carbocycles. The van der Waals surface area contributed by atoms with Gasteiger partial charge in [0.15, 0.2) is 0 Å². The van der Waals surface area contributed by atoms with E-state index in [-0.39, 0.29) is 30.4 Å². The Kier molecular flexibility index (Phi) is 6.27. The van der Waals surface area contributed by atoms with Crippen LogP contribution in [0.5, 0.6) is 0 Å². The van der Waals surface area contributed by atoms with Gasteiger partial charge in [-0.25, -0.2) is 8.78 Å². The SMILES string of the molecule is CC(C)CC(CNC(=O)c1cc(F)cc(F)c1)CC(=O)O. The first-order valence-electron chi connectivity index (χ1n) is 6.74. The minimum absolute atomic E-state index is 0.0596. The summed E-state index contributed by atoms with van der Waals surface area (Å²) in [5.41, 5.74) is -0.119. The van der Waals surface area contributed by atoms with E-state index in [1.165, 1.54) is 0 Å². The molecule has 116 valence electrons. The minimum atomic E-state index is -0.938. The first-order valence-corrected chi connectivity index (χ1v) is 6.74. The van der Waals surface area contributed by atoms with Crippen LogP contribution in [0.1, 0.15) is 37.0 Å². The summed E-state index contributed by atoms with van der Waals surface area (Å²) in [4.78, 5) is 22.6. The van der Waals surface area contributed by atoms with Crippen molar-refractivity contribution in [1.29, 1.82) is 0 Å². The molecule has 0 aromatic heterocycles. The number of carbonyl (C=O) groups is 2. The zero-order valence-corrected chi connectivity index (χ0v) is 12.0. The molecule has 1 amide bonds. The van der Waals surface area contributed by atoms with Gasteiger partial charge in [-0.1, -0.05) is 13.8 Å². The highest BCUT2D eigenvalue weighted by Gasteiger charge is 2.17. The zero-order chi connectivity index (χ0) is 16.0. The lowest BCUT2D eigenvalue weighted by atomic mass is 9.94. The highest BCUT2D eigenvalue weighted by atomic mass is 19.1. The van der Waals surface area contributed by atoms with E-state index in [0.717, 1.165) is 12.1 Å². The van der Waals surface area contributed by atoms with E-state index in [0.29, 0.717) is 12.5 Å². The molecule has 21 heavy (non-hydrogen) atoms. The van der Waals surface area contributed by atoms with Crippen molar-refractivity contribution < 1.29 is 23.5 Å². The van der Waals surface area contributed by atoms with Crippen molar-refractivity contribution >= 4 is 11.9 Å². The maximum atomic E-state index is 13.0. The predicted molar refractivity (Wildman–Crippen MR) is 73.9 cm³/mol. The van der Waals surface area contributed by atoms with Crippen molar-refractivity contribution in [2.75, 3.05) is 6.54 Å². The van der Waals surface area contributed by atoms with E-state index in [1.54, 1.807) is 0 Å². The number of amides is 1. The third-order valence-electron chi connectivity index (χ3n) is 2.94. The highest BCUT2D eigenvalue weighted by molar-refractivity contribution is 5.94. The second kappa shape index (κ2) is 7.71. The van der Waals surface area contributed by atoms with Gasteiger partial charge >= 0.3 is 5.97 Å². The summed E-state index contributed by atoms with van der Waals surface area (Å²) in [6, 6.07) is 2.56. The summed E-state index contributed by atoms with van der Waals surface area (Å²) >= 11 is 0. The van der Waals surface area contributed by atoms with Gasteiger partial charge in [0, 0.05) is 24.6 Å². The molecule has 1 unspecified atom stereocenters. The monoisotopic (exact) mass is 299 g/mol. The molecule has 1 rings (SSSR count). The van der Waals surface area contributed by atoms with Gasteiger partial charge in [0.25, 0.3) is 5.91 Å². The number of carboxylic acid groups (broad SMARTS) is 1. The summed E-state index contributed by atoms with van der Waals surface area (Å²) in [6.45, 7) is 4.07. The summed E-state index contributed by atoms with van der Waals surface area (Å²) in [7, 11) is 0. The van der Waals surface area contributed by atoms with Gasteiger partial charge in [-0.2, -0.15) is 0 Å². The summed E-state index contributed by atoms with van der Waals surface area (Å²) < 4.78 is 26.1. The first kappa shape index (κ1) is 17.1. The molecule has 4 nitrogen and oxygen atoms in total. The maximum Gasteiger partial charge on any atom is 0.303 e. The molecule has 0 aliphatic heterocycles. The molecule has 1 aromatic rings. The number of nitrogens with one attached hydrogen (secondary N) is 1. The van der Waals surface area contributed by atoms with Crippen LogP contribution in [0.2, 0.25) is 0 Å². The summed E-state index contributed by atoms with van der Waals surface area (Å²) in [5.74, 6) is -3.14. The average Bonchev–Trinajstić information content (AvgIpc) is 2.32. The Morgan fingerprint density at radius 3 is 2.24 bits per heavy atom. The number of rotatable bonds is 7. The third kappa shape index (κ3) is 6.33. The number of aliphatic carboxylic acids is 1. The smallest absolute Gasteiger partial charge is 0.303 e. The highest BCUT2D eigenvalue weighted by Crippen LogP contribution is 2.15. The molecule has 0 saturated heterocycles. The van der Waals surface area contributed by atoms with Gasteiger partial charge in [-0.3, -0.25) is 9.59 Å². The lowest BCUT2D eigenvalue weighted by Gasteiger charge is -2.17. The van der Waals surface area contributed by atoms with Crippen molar-refractivity contribution in [2.45, 2.75) is 26.7 Å². The van der Waals surface area contributed by atoms with Crippen molar-refractivity contribution in [3.8, 4) is 0 Å². The Morgan fingerprint density at radius 2 is 1.76 bits per heavy atom. The summed E-state index contributed by atoms with van der Waals surface area (Å²) in [6.07, 6.45) is 0.583. The van der Waals surface area contributed by atoms with E-state index in [9.17, 15) is 18.4 Å². The molecule has 0 heterocycles. The number of carboxylic acids is 1. The van der Waals surface area contributed by atoms with Gasteiger partial charge in [0.1, 0.15) is 11.6 Å². The molecule has 0 bridgehead atoms. The van der Waals surface area contributed by atoms with Gasteiger partial charge in [-0.15, -0.1) is 0 Å². The molecule has 0 radical (unpaired) electrons. The first-order chi connectivity index (χ1) is 9.77. The van der Waals surface area contributed by atoms with Crippen molar-refractivity contribution in [2.24, 2.45) is 11.8 Å². The second-order valence-electron chi connectivity index (χ2n) is 5.46. The van der Waals surface area contributed by atoms with Crippen molar-refractivity contribution in [3.63, 3.8) is 0 Å². The number of hydrogen-bond acceptors (Lipinski definition) is 2. The standard InChI is InChI=1S/C15H19F2NO3/c1-9(2)3-10(4-14(19)20)8-18-15(21)11-5-12(16)7-13(17)6-11/h5-7,9-10H,3-4,8H2,1-2H3,(H,18,21)(H,19,20). The molecule has 2 N–H and O–H groups in total. The zero-order valence-electron chi connectivity index (χ0n) is 12.0. The quantitative estimate of drug-likeness (QED) is 0.813. The molecule has 0 spiro atoms. The maximum absolute atomic E-state index is 13.0. The molecular weight excluding hydrogens is 280 g/mol. The summed E-state index contributed by atoms with van der Waals surface area (Å²) in [5, 5.41) is 11.4. The topological polar surface area (TPSA) is 66.4 Å². The molecule has 0 aliphatic carbocycles. The van der Waals surface area contributed by atoms with Crippen LogP contribution in [0, 0.1) is 23.5 Å². The molecule has 0 fully saturated rings. The fraction of sp³-hybridized carbons (Fsp3) is 0.467. The number of carbonyl (C=O) groups excluding carboxylic acids is 1. The van der Waals surface area contributed by atoms with Gasteiger partial charge < -0.3 is 10.4 Å². The van der Waals surface area contributed by atoms with Crippen molar-refractivity contribution in [3.05, 3.63) is 35.4 Å². The fourth-order valence-corrected chi connectivity index (χ4v) is 2.18. The number of hydrogen-bond donors (Lipinski definition) is 2. The Bertz CT molecular complexity index is 497. The molecule has 6 heteroatoms. The van der Waals surface area contributed by atoms with E-state index in [1.807, 2.05) is 13.8 Å². The largest absolute Gasteiger partial charge is 0.481 e. The van der Waals surface area contributed by atoms with E-state index < -0.39 is 23.5 Å². The second-order valence-corrected chi connectivity index (χ2v) is 5.46. The van der Waals surface area contributed by atoms with Crippen LogP contribution in [0.25, 0.3) is 0 Å². The number of halogens is 2. The van der Waals surface area contributed by atoms with Crippen LogP contribution in [-0.2, 0) is 4.79 Å². The normalized spacial score (nSPS) is 12.2. The Balaban J connectivity index is 2.65. The van der Waals surface area contributed by atoms with Gasteiger partial charge in [0.05, 0.1) is 0 Å². The van der Waals surface area contributed by atoms with Crippen LogP contribution in [0.15, 0.2) is 18.2 Å². The lowest BCUT2D eigenvalue weighted by molar-refractivity contribution is -0.138. The van der Waals surface area contributed by atoms with Crippen LogP contribution < -0.4 is 5.32 Å². The van der Waals surface area contributed by atoms with Crippen LogP contribution in [0.4, 0.5) is 8.78 Å². The van der Waals surface area contributed by atoms with Gasteiger partial charge in [-0.05, 0) is 30.4 Å². The van der Waals surface area contributed by atoms with Gasteiger partial charge in [0.2, 0.25) is 0 Å². The van der Waals surface area contributed by atoms with Crippen molar-refractivity contribution in [1.82, 2.24) is 5.32 Å². The van der Waals surface area contributed by atoms with Crippen LogP contribution in [0.3, 0.4) is 0 Å². The van der Waals surface area contributed by atoms with Crippen LogP contribution in [-0.4, -0.2) is 23.5 Å². The third-order valence-corrected chi connectivity index (χ3v) is 2.94. The van der Waals surface area contributed by atoms with E-state index in [4.69, 9.17) is 5.11 Å². The predicted octanol–water partition coefficient (Wildman–Crippen LogP) is 2.83. The average molecular weight is 299 g/mol. The number of benzene rings is 1. The molecular formula is C15H19F2NO3. The molecule has 0 aliphatic rings. The van der Waals surface area contributed by atoms with E-state index >= 15 is 0 Å². The Labute approximate surface area is 122 Å². The lowest BCUT2D eigenvalue weighted by Crippen LogP contribution is -2.31. The minimum Gasteiger partial charge on any atom is -0.481 e. The van der Waals surface area contributed by atoms with Crippen LogP contribution >= 0.6 is 0 Å². The fourth-order valence-electron chi connectivity index (χ4n) is 2.18. The van der Waals surface area contributed by atoms with E-state index in [2.05, 4.69) is 5.32 Å².